The Labute approximate surface area is 134 Å². The van der Waals surface area contributed by atoms with Gasteiger partial charge in [-0.3, -0.25) is 4.79 Å². The number of carboxylic acids is 1. The van der Waals surface area contributed by atoms with E-state index in [1.807, 2.05) is 12.1 Å². The van der Waals surface area contributed by atoms with Gasteiger partial charge in [0.05, 0.1) is 6.42 Å². The number of pyridine rings is 1. The van der Waals surface area contributed by atoms with Gasteiger partial charge >= 0.3 is 5.97 Å². The highest BCUT2D eigenvalue weighted by Gasteiger charge is 2.42. The molecule has 2 heterocycles. The second-order valence-corrected chi connectivity index (χ2v) is 6.51. The maximum Gasteiger partial charge on any atom is 0.329 e. The molecule has 6 nitrogen and oxygen atoms in total. The molecular weight excluding hydrogens is 294 g/mol. The van der Waals surface area contributed by atoms with Gasteiger partial charge in [0.15, 0.2) is 0 Å². The molecule has 122 valence electrons. The highest BCUT2D eigenvalue weighted by Crippen LogP contribution is 2.32. The highest BCUT2D eigenvalue weighted by atomic mass is 16.4. The van der Waals surface area contributed by atoms with Crippen LogP contribution in [0.5, 0.6) is 0 Å². The maximum atomic E-state index is 12.4. The van der Waals surface area contributed by atoms with Gasteiger partial charge in [-0.15, -0.1) is 0 Å². The number of carbonyl (C=O) groups is 2. The summed E-state index contributed by atoms with van der Waals surface area (Å²) in [5.74, 6) is -0.677. The Hall–Kier alpha value is -2.37. The SMILES string of the molecule is CC1CCC(NC(=O)Cc2c[nH]c3ncccc23)(C(=O)O)CC1. The fraction of sp³-hybridized carbons (Fsp3) is 0.471. The van der Waals surface area contributed by atoms with Crippen LogP contribution in [0.4, 0.5) is 0 Å². The second-order valence-electron chi connectivity index (χ2n) is 6.51. The van der Waals surface area contributed by atoms with Crippen LogP contribution in [-0.4, -0.2) is 32.5 Å². The quantitative estimate of drug-likeness (QED) is 0.806. The van der Waals surface area contributed by atoms with Crippen LogP contribution in [0.15, 0.2) is 24.5 Å². The smallest absolute Gasteiger partial charge is 0.329 e. The normalized spacial score (nSPS) is 24.5. The first-order valence-electron chi connectivity index (χ1n) is 7.95. The number of carbonyl (C=O) groups excluding carboxylic acids is 1. The van der Waals surface area contributed by atoms with Gasteiger partial charge in [0.25, 0.3) is 0 Å². The number of nitrogens with one attached hydrogen (secondary N) is 2. The molecule has 2 aromatic heterocycles. The first-order chi connectivity index (χ1) is 11.0. The molecule has 23 heavy (non-hydrogen) atoms. The van der Waals surface area contributed by atoms with Crippen molar-refractivity contribution in [2.24, 2.45) is 5.92 Å². The number of fused-ring (bicyclic) bond motifs is 1. The van der Waals surface area contributed by atoms with E-state index in [9.17, 15) is 14.7 Å². The predicted octanol–water partition coefficient (Wildman–Crippen LogP) is 2.26. The van der Waals surface area contributed by atoms with Crippen LogP contribution in [0.2, 0.25) is 0 Å². The predicted molar refractivity (Wildman–Crippen MR) is 85.9 cm³/mol. The molecule has 0 atom stereocenters. The molecule has 1 saturated carbocycles. The summed E-state index contributed by atoms with van der Waals surface area (Å²) >= 11 is 0. The van der Waals surface area contributed by atoms with Crippen molar-refractivity contribution in [3.8, 4) is 0 Å². The number of aromatic nitrogens is 2. The molecule has 1 amide bonds. The summed E-state index contributed by atoms with van der Waals surface area (Å²) in [4.78, 5) is 31.3. The lowest BCUT2D eigenvalue weighted by Gasteiger charge is -2.36. The van der Waals surface area contributed by atoms with E-state index in [1.54, 1.807) is 12.4 Å². The lowest BCUT2D eigenvalue weighted by Crippen LogP contribution is -2.56. The van der Waals surface area contributed by atoms with Crippen molar-refractivity contribution in [2.45, 2.75) is 44.6 Å². The van der Waals surface area contributed by atoms with E-state index in [-0.39, 0.29) is 12.3 Å². The Morgan fingerprint density at radius 3 is 2.87 bits per heavy atom. The van der Waals surface area contributed by atoms with Crippen LogP contribution in [0.3, 0.4) is 0 Å². The molecule has 1 aliphatic carbocycles. The van der Waals surface area contributed by atoms with Gasteiger partial charge in [0, 0.05) is 17.8 Å². The number of aromatic amines is 1. The van der Waals surface area contributed by atoms with Gasteiger partial charge in [-0.2, -0.15) is 0 Å². The molecular formula is C17H21N3O3. The maximum absolute atomic E-state index is 12.4. The average molecular weight is 315 g/mol. The Morgan fingerprint density at radius 2 is 2.17 bits per heavy atom. The standard InChI is InChI=1S/C17H21N3O3/c1-11-4-6-17(7-5-11,16(22)23)20-14(21)9-12-10-19-15-13(12)3-2-8-18-15/h2-3,8,10-11H,4-7,9H2,1H3,(H,18,19)(H,20,21)(H,22,23). The summed E-state index contributed by atoms with van der Waals surface area (Å²) < 4.78 is 0. The molecule has 2 aromatic rings. The number of carboxylic acid groups (broad SMARTS) is 1. The summed E-state index contributed by atoms with van der Waals surface area (Å²) in [5.41, 5.74) is 0.443. The van der Waals surface area contributed by atoms with Crippen molar-refractivity contribution < 1.29 is 14.7 Å². The molecule has 0 spiro atoms. The largest absolute Gasteiger partial charge is 0.480 e. The average Bonchev–Trinajstić information content (AvgIpc) is 2.93. The molecule has 0 unspecified atom stereocenters. The third-order valence-electron chi connectivity index (χ3n) is 4.80. The summed E-state index contributed by atoms with van der Waals surface area (Å²) in [6.45, 7) is 2.12. The minimum Gasteiger partial charge on any atom is -0.480 e. The highest BCUT2D eigenvalue weighted by molar-refractivity contribution is 5.91. The summed E-state index contributed by atoms with van der Waals surface area (Å²) in [6.07, 6.45) is 6.22. The van der Waals surface area contributed by atoms with Gasteiger partial charge < -0.3 is 15.4 Å². The number of amides is 1. The zero-order chi connectivity index (χ0) is 16.4. The van der Waals surface area contributed by atoms with Gasteiger partial charge in [-0.1, -0.05) is 6.92 Å². The van der Waals surface area contributed by atoms with Crippen molar-refractivity contribution in [3.05, 3.63) is 30.1 Å². The molecule has 0 radical (unpaired) electrons. The van der Waals surface area contributed by atoms with Gasteiger partial charge in [0.2, 0.25) is 5.91 Å². The summed E-state index contributed by atoms with van der Waals surface area (Å²) in [6, 6.07) is 3.72. The Balaban J connectivity index is 1.74. The number of aliphatic carboxylic acids is 1. The van der Waals surface area contributed by atoms with E-state index in [4.69, 9.17) is 0 Å². The molecule has 1 fully saturated rings. The van der Waals surface area contributed by atoms with E-state index in [2.05, 4.69) is 22.2 Å². The first-order valence-corrected chi connectivity index (χ1v) is 7.95. The zero-order valence-corrected chi connectivity index (χ0v) is 13.1. The van der Waals surface area contributed by atoms with Crippen LogP contribution in [-0.2, 0) is 16.0 Å². The van der Waals surface area contributed by atoms with Gasteiger partial charge in [0.1, 0.15) is 11.2 Å². The summed E-state index contributed by atoms with van der Waals surface area (Å²) in [5, 5.41) is 13.3. The van der Waals surface area contributed by atoms with E-state index in [0.29, 0.717) is 18.8 Å². The van der Waals surface area contributed by atoms with Crippen LogP contribution >= 0.6 is 0 Å². The lowest BCUT2D eigenvalue weighted by molar-refractivity contribution is -0.149. The molecule has 3 N–H and O–H groups in total. The number of rotatable bonds is 4. The number of nitrogens with zero attached hydrogens (tertiary/aromatic N) is 1. The van der Waals surface area contributed by atoms with Crippen LogP contribution in [0.25, 0.3) is 11.0 Å². The summed E-state index contributed by atoms with van der Waals surface area (Å²) in [7, 11) is 0. The Morgan fingerprint density at radius 1 is 1.43 bits per heavy atom. The van der Waals surface area contributed by atoms with E-state index in [1.165, 1.54) is 0 Å². The minimum atomic E-state index is -1.12. The second kappa shape index (κ2) is 6.02. The molecule has 0 bridgehead atoms. The number of hydrogen-bond acceptors (Lipinski definition) is 3. The van der Waals surface area contributed by atoms with Crippen LogP contribution in [0.1, 0.15) is 38.2 Å². The molecule has 1 aliphatic rings. The van der Waals surface area contributed by atoms with Crippen molar-refractivity contribution in [3.63, 3.8) is 0 Å². The van der Waals surface area contributed by atoms with Crippen molar-refractivity contribution >= 4 is 22.9 Å². The first kappa shape index (κ1) is 15.5. The Kier molecular flexibility index (Phi) is 4.07. The number of H-pyrrole nitrogens is 1. The molecule has 0 aromatic carbocycles. The number of hydrogen-bond donors (Lipinski definition) is 3. The van der Waals surface area contributed by atoms with Crippen LogP contribution in [0, 0.1) is 5.92 Å². The zero-order valence-electron chi connectivity index (χ0n) is 13.1. The third-order valence-corrected chi connectivity index (χ3v) is 4.80. The fourth-order valence-corrected chi connectivity index (χ4v) is 3.29. The lowest BCUT2D eigenvalue weighted by atomic mass is 9.77. The van der Waals surface area contributed by atoms with Crippen molar-refractivity contribution in [1.82, 2.24) is 15.3 Å². The monoisotopic (exact) mass is 315 g/mol. The van der Waals surface area contributed by atoms with Crippen molar-refractivity contribution in [1.29, 1.82) is 0 Å². The minimum absolute atomic E-state index is 0.149. The van der Waals surface area contributed by atoms with Gasteiger partial charge in [-0.05, 0) is 49.3 Å². The fourth-order valence-electron chi connectivity index (χ4n) is 3.29. The molecule has 0 saturated heterocycles. The third kappa shape index (κ3) is 3.06. The van der Waals surface area contributed by atoms with Gasteiger partial charge in [-0.25, -0.2) is 9.78 Å². The molecule has 0 aliphatic heterocycles. The molecule has 3 rings (SSSR count). The molecule has 6 heteroatoms. The van der Waals surface area contributed by atoms with E-state index in [0.717, 1.165) is 29.4 Å². The van der Waals surface area contributed by atoms with Crippen LogP contribution < -0.4 is 5.32 Å². The Bertz CT molecular complexity index is 730. The van der Waals surface area contributed by atoms with Crippen molar-refractivity contribution in [2.75, 3.05) is 0 Å². The van der Waals surface area contributed by atoms with E-state index < -0.39 is 11.5 Å². The topological polar surface area (TPSA) is 95.1 Å². The van der Waals surface area contributed by atoms with E-state index >= 15 is 0 Å².